The van der Waals surface area contributed by atoms with E-state index in [4.69, 9.17) is 9.47 Å². The third-order valence-electron chi connectivity index (χ3n) is 4.97. The number of para-hydroxylation sites is 1. The largest absolute Gasteiger partial charge is 0.493 e. The second kappa shape index (κ2) is 9.78. The van der Waals surface area contributed by atoms with Gasteiger partial charge in [-0.1, -0.05) is 24.3 Å². The molecule has 1 aliphatic rings. The van der Waals surface area contributed by atoms with Crippen LogP contribution in [-0.4, -0.2) is 44.0 Å². The van der Waals surface area contributed by atoms with E-state index in [-0.39, 0.29) is 17.7 Å². The summed E-state index contributed by atoms with van der Waals surface area (Å²) >= 11 is 0. The fraction of sp³-hybridized carbons (Fsp3) is 0.304. The van der Waals surface area contributed by atoms with Gasteiger partial charge in [-0.25, -0.2) is 0 Å². The van der Waals surface area contributed by atoms with E-state index in [0.29, 0.717) is 24.6 Å². The molecule has 0 radical (unpaired) electrons. The minimum Gasteiger partial charge on any atom is -0.493 e. The maximum absolute atomic E-state index is 12.6. The average Bonchev–Trinajstić information content (AvgIpc) is 2.78. The van der Waals surface area contributed by atoms with E-state index in [0.717, 1.165) is 24.1 Å². The van der Waals surface area contributed by atoms with Crippen LogP contribution in [0, 0.1) is 5.92 Å². The Kier molecular flexibility index (Phi) is 6.89. The van der Waals surface area contributed by atoms with Crippen LogP contribution < -0.4 is 14.8 Å². The summed E-state index contributed by atoms with van der Waals surface area (Å²) in [4.78, 5) is 26.9. The van der Waals surface area contributed by atoms with Crippen molar-refractivity contribution in [2.24, 2.45) is 5.92 Å². The summed E-state index contributed by atoms with van der Waals surface area (Å²) in [5, 5.41) is 2.93. The van der Waals surface area contributed by atoms with Crippen molar-refractivity contribution in [3.63, 3.8) is 0 Å². The summed E-state index contributed by atoms with van der Waals surface area (Å²) in [6.07, 6.45) is 4.88. The van der Waals surface area contributed by atoms with E-state index in [1.165, 1.54) is 0 Å². The van der Waals surface area contributed by atoms with Gasteiger partial charge in [-0.15, -0.1) is 0 Å². The molecule has 1 aliphatic heterocycles. The Hall–Kier alpha value is -3.28. The van der Waals surface area contributed by atoms with E-state index >= 15 is 0 Å². The van der Waals surface area contributed by atoms with Crippen molar-refractivity contribution in [3.8, 4) is 11.5 Å². The number of nitrogens with zero attached hydrogens (tertiary/aromatic N) is 1. The van der Waals surface area contributed by atoms with Gasteiger partial charge in [-0.3, -0.25) is 9.59 Å². The molecule has 2 amide bonds. The number of likely N-dealkylation sites (tertiary alicyclic amines) is 1. The van der Waals surface area contributed by atoms with Gasteiger partial charge in [0.1, 0.15) is 0 Å². The van der Waals surface area contributed by atoms with Crippen LogP contribution in [0.5, 0.6) is 11.5 Å². The highest BCUT2D eigenvalue weighted by Gasteiger charge is 2.27. The summed E-state index contributed by atoms with van der Waals surface area (Å²) in [6.45, 7) is 1.08. The maximum atomic E-state index is 12.6. The molecule has 0 bridgehead atoms. The van der Waals surface area contributed by atoms with Crippen molar-refractivity contribution >= 4 is 23.6 Å². The first-order valence-corrected chi connectivity index (χ1v) is 9.65. The molecular weight excluding hydrogens is 368 g/mol. The molecule has 1 atom stereocenters. The third-order valence-corrected chi connectivity index (χ3v) is 4.97. The molecule has 1 saturated heterocycles. The van der Waals surface area contributed by atoms with E-state index in [1.807, 2.05) is 42.5 Å². The van der Waals surface area contributed by atoms with Crippen molar-refractivity contribution in [2.75, 3.05) is 32.6 Å². The number of nitrogens with one attached hydrogen (secondary N) is 1. The minimum atomic E-state index is -0.206. The molecule has 2 aromatic carbocycles. The quantitative estimate of drug-likeness (QED) is 0.761. The Labute approximate surface area is 171 Å². The molecule has 0 spiro atoms. The molecule has 2 aromatic rings. The lowest BCUT2D eigenvalue weighted by Crippen LogP contribution is -2.43. The maximum Gasteiger partial charge on any atom is 0.246 e. The molecule has 6 nitrogen and oxygen atoms in total. The fourth-order valence-electron chi connectivity index (χ4n) is 3.39. The standard InChI is InChI=1S/C23H26N2O4/c1-28-20-12-10-17(15-21(20)29-2)11-13-22(26)25-14-6-7-18(16-25)23(27)24-19-8-4-3-5-9-19/h3-5,8-13,15,18H,6-7,14,16H2,1-2H3,(H,24,27). The molecule has 0 aliphatic carbocycles. The van der Waals surface area contributed by atoms with Gasteiger partial charge in [0.15, 0.2) is 11.5 Å². The van der Waals surface area contributed by atoms with Gasteiger partial charge in [-0.05, 0) is 48.7 Å². The van der Waals surface area contributed by atoms with Crippen molar-refractivity contribution < 1.29 is 19.1 Å². The molecule has 1 fully saturated rings. The number of piperidine rings is 1. The highest BCUT2D eigenvalue weighted by molar-refractivity contribution is 5.95. The van der Waals surface area contributed by atoms with E-state index in [2.05, 4.69) is 5.32 Å². The van der Waals surface area contributed by atoms with Gasteiger partial charge < -0.3 is 19.7 Å². The molecule has 0 saturated carbocycles. The van der Waals surface area contributed by atoms with Crippen LogP contribution in [0.25, 0.3) is 6.08 Å². The number of amides is 2. The van der Waals surface area contributed by atoms with Gasteiger partial charge >= 0.3 is 0 Å². The van der Waals surface area contributed by atoms with Gasteiger partial charge in [0.2, 0.25) is 11.8 Å². The highest BCUT2D eigenvalue weighted by atomic mass is 16.5. The highest BCUT2D eigenvalue weighted by Crippen LogP contribution is 2.28. The van der Waals surface area contributed by atoms with E-state index in [9.17, 15) is 9.59 Å². The molecular formula is C23H26N2O4. The number of hydrogen-bond acceptors (Lipinski definition) is 4. The van der Waals surface area contributed by atoms with Gasteiger partial charge in [-0.2, -0.15) is 0 Å². The van der Waals surface area contributed by atoms with Crippen LogP contribution in [0.1, 0.15) is 18.4 Å². The normalized spacial score (nSPS) is 16.5. The van der Waals surface area contributed by atoms with Crippen molar-refractivity contribution in [2.45, 2.75) is 12.8 Å². The van der Waals surface area contributed by atoms with Gasteiger partial charge in [0.25, 0.3) is 0 Å². The first kappa shape index (κ1) is 20.5. The zero-order valence-corrected chi connectivity index (χ0v) is 16.8. The zero-order valence-electron chi connectivity index (χ0n) is 16.8. The van der Waals surface area contributed by atoms with Crippen LogP contribution in [0.4, 0.5) is 5.69 Å². The first-order chi connectivity index (χ1) is 14.1. The molecule has 29 heavy (non-hydrogen) atoms. The first-order valence-electron chi connectivity index (χ1n) is 9.65. The monoisotopic (exact) mass is 394 g/mol. The number of hydrogen-bond donors (Lipinski definition) is 1. The number of methoxy groups -OCH3 is 2. The second-order valence-electron chi connectivity index (χ2n) is 6.93. The van der Waals surface area contributed by atoms with Crippen molar-refractivity contribution in [1.82, 2.24) is 4.90 Å². The molecule has 3 rings (SSSR count). The zero-order chi connectivity index (χ0) is 20.6. The summed E-state index contributed by atoms with van der Waals surface area (Å²) in [5.41, 5.74) is 1.61. The van der Waals surface area contributed by atoms with Crippen LogP contribution in [0.3, 0.4) is 0 Å². The van der Waals surface area contributed by atoms with Crippen LogP contribution in [-0.2, 0) is 9.59 Å². The fourth-order valence-corrected chi connectivity index (χ4v) is 3.39. The Morgan fingerprint density at radius 3 is 2.55 bits per heavy atom. The van der Waals surface area contributed by atoms with Crippen LogP contribution in [0.2, 0.25) is 0 Å². The lowest BCUT2D eigenvalue weighted by atomic mass is 9.97. The Bertz CT molecular complexity index is 880. The van der Waals surface area contributed by atoms with Crippen LogP contribution >= 0.6 is 0 Å². The number of ether oxygens (including phenoxy) is 2. The molecule has 1 N–H and O–H groups in total. The predicted molar refractivity (Wildman–Crippen MR) is 113 cm³/mol. The average molecular weight is 394 g/mol. The minimum absolute atomic E-state index is 0.0439. The number of rotatable bonds is 6. The smallest absolute Gasteiger partial charge is 0.246 e. The van der Waals surface area contributed by atoms with Crippen molar-refractivity contribution in [3.05, 3.63) is 60.2 Å². The van der Waals surface area contributed by atoms with Gasteiger partial charge in [0.05, 0.1) is 20.1 Å². The van der Waals surface area contributed by atoms with Gasteiger partial charge in [0, 0.05) is 24.9 Å². The molecule has 1 unspecified atom stereocenters. The molecule has 152 valence electrons. The lowest BCUT2D eigenvalue weighted by molar-refractivity contribution is -0.130. The number of carbonyl (C=O) groups is 2. The third kappa shape index (κ3) is 5.38. The topological polar surface area (TPSA) is 67.9 Å². The lowest BCUT2D eigenvalue weighted by Gasteiger charge is -2.31. The van der Waals surface area contributed by atoms with Crippen molar-refractivity contribution in [1.29, 1.82) is 0 Å². The summed E-state index contributed by atoms with van der Waals surface area (Å²) < 4.78 is 10.5. The Morgan fingerprint density at radius 1 is 1.07 bits per heavy atom. The number of benzene rings is 2. The molecule has 6 heteroatoms. The summed E-state index contributed by atoms with van der Waals surface area (Å²) in [7, 11) is 3.16. The molecule has 0 aromatic heterocycles. The van der Waals surface area contributed by atoms with E-state index < -0.39 is 0 Å². The summed E-state index contributed by atoms with van der Waals surface area (Å²) in [5.74, 6) is 0.897. The predicted octanol–water partition coefficient (Wildman–Crippen LogP) is 3.59. The Balaban J connectivity index is 1.60. The second-order valence-corrected chi connectivity index (χ2v) is 6.93. The van der Waals surface area contributed by atoms with Crippen LogP contribution in [0.15, 0.2) is 54.6 Å². The Morgan fingerprint density at radius 2 is 1.83 bits per heavy atom. The summed E-state index contributed by atoms with van der Waals surface area (Å²) in [6, 6.07) is 14.9. The van der Waals surface area contributed by atoms with E-state index in [1.54, 1.807) is 37.3 Å². The SMILES string of the molecule is COc1ccc(C=CC(=O)N2CCCC(C(=O)Nc3ccccc3)C2)cc1OC. The number of carbonyl (C=O) groups excluding carboxylic acids is 2. The molecule has 1 heterocycles. The number of anilines is 1.